The maximum absolute atomic E-state index is 10.6. The first kappa shape index (κ1) is 20.8. The Morgan fingerprint density at radius 2 is 2.04 bits per heavy atom. The molecule has 0 radical (unpaired) electrons. The van der Waals surface area contributed by atoms with Crippen LogP contribution in [0.25, 0.3) is 0 Å². The molecule has 2 unspecified atom stereocenters. The standard InChI is InChI=1S/C20H27N3O2.HI/c1-4-21-19(22-12-16-11-15-7-5-6-8-17(15)16)23-13-20(3,24)18-10-9-14(2)25-18;/h5-10,16,24H,4,11-13H2,1-3H3,(H2,21,22,23);1H. The lowest BCUT2D eigenvalue weighted by molar-refractivity contribution is 0.0428. The minimum absolute atomic E-state index is 0. The van der Waals surface area contributed by atoms with Gasteiger partial charge in [0.2, 0.25) is 0 Å². The summed E-state index contributed by atoms with van der Waals surface area (Å²) >= 11 is 0. The number of benzene rings is 1. The minimum atomic E-state index is -1.13. The predicted molar refractivity (Wildman–Crippen MR) is 115 cm³/mol. The Kier molecular flexibility index (Phi) is 7.11. The van der Waals surface area contributed by atoms with Crippen molar-refractivity contribution in [2.24, 2.45) is 4.99 Å². The van der Waals surface area contributed by atoms with Crippen LogP contribution in [0.5, 0.6) is 0 Å². The summed E-state index contributed by atoms with van der Waals surface area (Å²) in [5, 5.41) is 17.3. The van der Waals surface area contributed by atoms with Crippen molar-refractivity contribution < 1.29 is 9.52 Å². The zero-order valence-corrected chi connectivity index (χ0v) is 17.9. The monoisotopic (exact) mass is 469 g/mol. The summed E-state index contributed by atoms with van der Waals surface area (Å²) in [5.74, 6) is 2.56. The molecule has 0 saturated carbocycles. The van der Waals surface area contributed by atoms with E-state index in [-0.39, 0.29) is 30.5 Å². The number of nitrogens with zero attached hydrogens (tertiary/aromatic N) is 1. The Morgan fingerprint density at radius 1 is 1.27 bits per heavy atom. The Balaban J connectivity index is 0.00000243. The normalized spacial score (nSPS) is 18.2. The summed E-state index contributed by atoms with van der Waals surface area (Å²) in [7, 11) is 0. The Hall–Kier alpha value is -1.54. The van der Waals surface area contributed by atoms with Crippen molar-refractivity contribution >= 4 is 29.9 Å². The molecule has 26 heavy (non-hydrogen) atoms. The van der Waals surface area contributed by atoms with Gasteiger partial charge >= 0.3 is 0 Å². The molecule has 0 bridgehead atoms. The van der Waals surface area contributed by atoms with Crippen LogP contribution in [0.1, 0.15) is 42.4 Å². The van der Waals surface area contributed by atoms with Crippen molar-refractivity contribution in [2.45, 2.75) is 38.7 Å². The molecule has 1 aliphatic rings. The van der Waals surface area contributed by atoms with Gasteiger partial charge in [0.1, 0.15) is 17.1 Å². The molecule has 2 atom stereocenters. The average molecular weight is 469 g/mol. The van der Waals surface area contributed by atoms with Gasteiger partial charge in [-0.1, -0.05) is 24.3 Å². The highest BCUT2D eigenvalue weighted by Crippen LogP contribution is 2.33. The van der Waals surface area contributed by atoms with E-state index >= 15 is 0 Å². The maximum atomic E-state index is 10.6. The number of rotatable bonds is 6. The topological polar surface area (TPSA) is 69.8 Å². The molecule has 0 spiro atoms. The number of halogens is 1. The predicted octanol–water partition coefficient (Wildman–Crippen LogP) is 3.31. The summed E-state index contributed by atoms with van der Waals surface area (Å²) < 4.78 is 5.54. The van der Waals surface area contributed by atoms with Crippen molar-refractivity contribution in [3.05, 3.63) is 59.0 Å². The van der Waals surface area contributed by atoms with E-state index in [0.29, 0.717) is 11.7 Å². The van der Waals surface area contributed by atoms with Gasteiger partial charge in [0.05, 0.1) is 6.54 Å². The third-order valence-electron chi connectivity index (χ3n) is 4.64. The van der Waals surface area contributed by atoms with E-state index in [0.717, 1.165) is 31.2 Å². The van der Waals surface area contributed by atoms with Gasteiger partial charge in [0, 0.05) is 19.0 Å². The van der Waals surface area contributed by atoms with Gasteiger partial charge < -0.3 is 20.2 Å². The quantitative estimate of drug-likeness (QED) is 0.345. The van der Waals surface area contributed by atoms with Gasteiger partial charge in [-0.3, -0.25) is 0 Å². The highest BCUT2D eigenvalue weighted by molar-refractivity contribution is 14.0. The third kappa shape index (κ3) is 4.79. The average Bonchev–Trinajstić information content (AvgIpc) is 3.01. The van der Waals surface area contributed by atoms with Crippen molar-refractivity contribution in [2.75, 3.05) is 19.6 Å². The van der Waals surface area contributed by atoms with Crippen LogP contribution in [0, 0.1) is 6.92 Å². The molecule has 5 nitrogen and oxygen atoms in total. The first-order valence-corrected chi connectivity index (χ1v) is 8.89. The molecule has 6 heteroatoms. The van der Waals surface area contributed by atoms with Gasteiger partial charge in [-0.2, -0.15) is 0 Å². The van der Waals surface area contributed by atoms with E-state index in [1.165, 1.54) is 11.1 Å². The molecular weight excluding hydrogens is 441 g/mol. The Bertz CT molecular complexity index is 755. The lowest BCUT2D eigenvalue weighted by atomic mass is 9.78. The van der Waals surface area contributed by atoms with E-state index < -0.39 is 5.60 Å². The van der Waals surface area contributed by atoms with Crippen LogP contribution in [-0.2, 0) is 12.0 Å². The van der Waals surface area contributed by atoms with Crippen molar-refractivity contribution in [3.63, 3.8) is 0 Å². The van der Waals surface area contributed by atoms with E-state index in [4.69, 9.17) is 4.42 Å². The second-order valence-electron chi connectivity index (χ2n) is 6.86. The molecule has 3 N–H and O–H groups in total. The van der Waals surface area contributed by atoms with E-state index in [1.54, 1.807) is 13.0 Å². The molecule has 1 aromatic heterocycles. The fraction of sp³-hybridized carbons (Fsp3) is 0.450. The van der Waals surface area contributed by atoms with Gasteiger partial charge in [-0.15, -0.1) is 24.0 Å². The van der Waals surface area contributed by atoms with Crippen LogP contribution in [0.2, 0.25) is 0 Å². The van der Waals surface area contributed by atoms with E-state index in [1.807, 2.05) is 19.9 Å². The summed E-state index contributed by atoms with van der Waals surface area (Å²) in [6, 6.07) is 12.2. The van der Waals surface area contributed by atoms with Crippen molar-refractivity contribution in [1.82, 2.24) is 10.6 Å². The highest BCUT2D eigenvalue weighted by Gasteiger charge is 2.27. The zero-order valence-electron chi connectivity index (χ0n) is 15.6. The maximum Gasteiger partial charge on any atom is 0.191 e. The van der Waals surface area contributed by atoms with Gasteiger partial charge in [-0.05, 0) is 50.5 Å². The molecule has 1 aliphatic carbocycles. The number of aryl methyl sites for hydroxylation is 1. The fourth-order valence-electron chi connectivity index (χ4n) is 3.14. The Labute approximate surface area is 172 Å². The summed E-state index contributed by atoms with van der Waals surface area (Å²) in [4.78, 5) is 4.54. The Morgan fingerprint density at radius 3 is 2.69 bits per heavy atom. The van der Waals surface area contributed by atoms with Crippen LogP contribution in [0.15, 0.2) is 45.8 Å². The van der Waals surface area contributed by atoms with Crippen LogP contribution < -0.4 is 10.6 Å². The SMILES string of the molecule is CCNC(=NCC(C)(O)c1ccc(C)o1)NCC1Cc2ccccc21.I. The second kappa shape index (κ2) is 8.90. The molecule has 0 fully saturated rings. The molecule has 2 aromatic rings. The number of aliphatic hydroxyl groups is 1. The second-order valence-corrected chi connectivity index (χ2v) is 6.86. The first-order chi connectivity index (χ1) is 12.0. The lowest BCUT2D eigenvalue weighted by Gasteiger charge is -2.30. The van der Waals surface area contributed by atoms with Crippen LogP contribution in [-0.4, -0.2) is 30.7 Å². The highest BCUT2D eigenvalue weighted by atomic mass is 127. The molecule has 1 heterocycles. The number of aliphatic imine (C=N–C) groups is 1. The smallest absolute Gasteiger partial charge is 0.191 e. The minimum Gasteiger partial charge on any atom is -0.463 e. The van der Waals surface area contributed by atoms with Crippen LogP contribution in [0.3, 0.4) is 0 Å². The number of furan rings is 1. The molecular formula is C20H28IN3O2. The molecule has 0 amide bonds. The number of nitrogens with one attached hydrogen (secondary N) is 2. The van der Waals surface area contributed by atoms with Gasteiger partial charge in [0.25, 0.3) is 0 Å². The lowest BCUT2D eigenvalue weighted by Crippen LogP contribution is -2.42. The summed E-state index contributed by atoms with van der Waals surface area (Å²) in [6.45, 7) is 7.46. The number of fused-ring (bicyclic) bond motifs is 1. The summed E-state index contributed by atoms with van der Waals surface area (Å²) in [5.41, 5.74) is 1.73. The van der Waals surface area contributed by atoms with Gasteiger partial charge in [0.15, 0.2) is 5.96 Å². The van der Waals surface area contributed by atoms with Crippen molar-refractivity contribution in [3.8, 4) is 0 Å². The molecule has 142 valence electrons. The summed E-state index contributed by atoms with van der Waals surface area (Å²) in [6.07, 6.45) is 1.10. The number of hydrogen-bond donors (Lipinski definition) is 3. The third-order valence-corrected chi connectivity index (χ3v) is 4.64. The van der Waals surface area contributed by atoms with E-state index in [9.17, 15) is 5.11 Å². The number of hydrogen-bond acceptors (Lipinski definition) is 3. The van der Waals surface area contributed by atoms with Crippen LogP contribution in [0.4, 0.5) is 0 Å². The molecule has 0 saturated heterocycles. The molecule has 1 aromatic carbocycles. The van der Waals surface area contributed by atoms with Crippen molar-refractivity contribution in [1.29, 1.82) is 0 Å². The number of guanidine groups is 1. The van der Waals surface area contributed by atoms with Gasteiger partial charge in [-0.25, -0.2) is 4.99 Å². The molecule has 3 rings (SSSR count). The first-order valence-electron chi connectivity index (χ1n) is 8.89. The zero-order chi connectivity index (χ0) is 17.9. The van der Waals surface area contributed by atoms with Crippen LogP contribution >= 0.6 is 24.0 Å². The fourth-order valence-corrected chi connectivity index (χ4v) is 3.14. The largest absolute Gasteiger partial charge is 0.463 e. The molecule has 0 aliphatic heterocycles. The van der Waals surface area contributed by atoms with E-state index in [2.05, 4.69) is 39.9 Å².